The third-order valence-electron chi connectivity index (χ3n) is 3.82. The van der Waals surface area contributed by atoms with E-state index in [0.717, 1.165) is 18.8 Å². The predicted octanol–water partition coefficient (Wildman–Crippen LogP) is 2.40. The molecule has 1 saturated heterocycles. The van der Waals surface area contributed by atoms with Gasteiger partial charge in [-0.05, 0) is 44.0 Å². The fraction of sp³-hybridized carbons (Fsp3) is 0.600. The van der Waals surface area contributed by atoms with E-state index in [0.29, 0.717) is 6.04 Å². The summed E-state index contributed by atoms with van der Waals surface area (Å²) >= 11 is 0. The molecule has 0 bridgehead atoms. The lowest BCUT2D eigenvalue weighted by molar-refractivity contribution is 0.123. The minimum Gasteiger partial charge on any atom is -0.497 e. The van der Waals surface area contributed by atoms with Crippen LogP contribution in [0.25, 0.3) is 0 Å². The third kappa shape index (κ3) is 3.24. The van der Waals surface area contributed by atoms with Crippen LogP contribution in [-0.2, 0) is 6.54 Å². The fourth-order valence-electron chi connectivity index (χ4n) is 2.77. The first-order valence-corrected chi connectivity index (χ1v) is 6.83. The lowest BCUT2D eigenvalue weighted by Crippen LogP contribution is -2.48. The minimum absolute atomic E-state index is 0.253. The molecule has 1 aromatic carbocycles. The molecule has 0 amide bonds. The molecule has 2 unspecified atom stereocenters. The van der Waals surface area contributed by atoms with Gasteiger partial charge in [-0.1, -0.05) is 18.6 Å². The molecule has 100 valence electrons. The van der Waals surface area contributed by atoms with Crippen LogP contribution in [0.15, 0.2) is 24.3 Å². The van der Waals surface area contributed by atoms with E-state index in [4.69, 9.17) is 10.5 Å². The van der Waals surface area contributed by atoms with E-state index >= 15 is 0 Å². The van der Waals surface area contributed by atoms with Gasteiger partial charge < -0.3 is 10.5 Å². The van der Waals surface area contributed by atoms with Gasteiger partial charge in [0, 0.05) is 18.6 Å². The Bertz CT molecular complexity index is 361. The molecule has 3 nitrogen and oxygen atoms in total. The molecule has 1 aliphatic heterocycles. The van der Waals surface area contributed by atoms with Crippen molar-refractivity contribution in [3.05, 3.63) is 29.8 Å². The second kappa shape index (κ2) is 6.21. The molecular formula is C15H24N2O. The van der Waals surface area contributed by atoms with Gasteiger partial charge in [-0.15, -0.1) is 0 Å². The number of hydrogen-bond acceptors (Lipinski definition) is 3. The van der Waals surface area contributed by atoms with Crippen LogP contribution < -0.4 is 10.5 Å². The quantitative estimate of drug-likeness (QED) is 0.889. The van der Waals surface area contributed by atoms with Gasteiger partial charge in [0.2, 0.25) is 0 Å². The normalized spacial score (nSPS) is 22.7. The van der Waals surface area contributed by atoms with Crippen LogP contribution in [0.5, 0.6) is 5.75 Å². The minimum atomic E-state index is 0.253. The molecule has 18 heavy (non-hydrogen) atoms. The predicted molar refractivity (Wildman–Crippen MR) is 74.7 cm³/mol. The van der Waals surface area contributed by atoms with Gasteiger partial charge in [0.05, 0.1) is 7.11 Å². The smallest absolute Gasteiger partial charge is 0.118 e. The third-order valence-corrected chi connectivity index (χ3v) is 3.82. The molecule has 0 aromatic heterocycles. The Labute approximate surface area is 110 Å². The van der Waals surface area contributed by atoms with Gasteiger partial charge in [-0.3, -0.25) is 4.90 Å². The van der Waals surface area contributed by atoms with Crippen molar-refractivity contribution in [3.8, 4) is 5.75 Å². The summed E-state index contributed by atoms with van der Waals surface area (Å²) in [6.07, 6.45) is 3.83. The number of methoxy groups -OCH3 is 1. The molecule has 1 fully saturated rings. The van der Waals surface area contributed by atoms with Crippen LogP contribution in [0.2, 0.25) is 0 Å². The maximum atomic E-state index is 6.10. The topological polar surface area (TPSA) is 38.5 Å². The number of nitrogens with zero attached hydrogens (tertiary/aromatic N) is 1. The second-order valence-corrected chi connectivity index (χ2v) is 5.24. The van der Waals surface area contributed by atoms with Crippen LogP contribution in [0, 0.1) is 0 Å². The molecule has 0 spiro atoms. The number of likely N-dealkylation sites (tertiary alicyclic amines) is 1. The van der Waals surface area contributed by atoms with Gasteiger partial charge in [-0.25, -0.2) is 0 Å². The van der Waals surface area contributed by atoms with Crippen LogP contribution in [0.3, 0.4) is 0 Å². The summed E-state index contributed by atoms with van der Waals surface area (Å²) in [6.45, 7) is 4.28. The number of benzene rings is 1. The van der Waals surface area contributed by atoms with Crippen molar-refractivity contribution in [1.82, 2.24) is 4.90 Å². The zero-order chi connectivity index (χ0) is 13.0. The maximum Gasteiger partial charge on any atom is 0.118 e. The van der Waals surface area contributed by atoms with Crippen molar-refractivity contribution in [2.75, 3.05) is 13.7 Å². The highest BCUT2D eigenvalue weighted by molar-refractivity contribution is 5.27. The molecule has 0 saturated carbocycles. The van der Waals surface area contributed by atoms with Crippen LogP contribution >= 0.6 is 0 Å². The lowest BCUT2D eigenvalue weighted by atomic mass is 9.96. The zero-order valence-electron chi connectivity index (χ0n) is 11.4. The summed E-state index contributed by atoms with van der Waals surface area (Å²) in [5, 5.41) is 0. The largest absolute Gasteiger partial charge is 0.497 e. The van der Waals surface area contributed by atoms with E-state index in [-0.39, 0.29) is 6.04 Å². The summed E-state index contributed by atoms with van der Waals surface area (Å²) in [6, 6.07) is 9.13. The second-order valence-electron chi connectivity index (χ2n) is 5.24. The molecule has 0 radical (unpaired) electrons. The van der Waals surface area contributed by atoms with E-state index in [9.17, 15) is 0 Å². The first-order valence-electron chi connectivity index (χ1n) is 6.83. The van der Waals surface area contributed by atoms with Crippen LogP contribution in [0.1, 0.15) is 31.7 Å². The number of hydrogen-bond donors (Lipinski definition) is 1. The monoisotopic (exact) mass is 248 g/mol. The summed E-state index contributed by atoms with van der Waals surface area (Å²) in [7, 11) is 1.70. The summed E-state index contributed by atoms with van der Waals surface area (Å²) < 4.78 is 5.18. The Balaban J connectivity index is 2.01. The molecule has 2 rings (SSSR count). The molecule has 2 atom stereocenters. The first-order chi connectivity index (χ1) is 8.70. The van der Waals surface area contributed by atoms with E-state index < -0.39 is 0 Å². The standard InChI is InChI=1S/C15H24N2O/c1-12(16)15-5-3-4-10-17(15)11-13-6-8-14(18-2)9-7-13/h6-9,12,15H,3-5,10-11,16H2,1-2H3. The SMILES string of the molecule is COc1ccc(CN2CCCCC2C(C)N)cc1. The molecular weight excluding hydrogens is 224 g/mol. The van der Waals surface area contributed by atoms with Gasteiger partial charge in [0.15, 0.2) is 0 Å². The molecule has 2 N–H and O–H groups in total. The van der Waals surface area contributed by atoms with Gasteiger partial charge in [0.25, 0.3) is 0 Å². The maximum absolute atomic E-state index is 6.10. The van der Waals surface area contributed by atoms with E-state index in [1.807, 2.05) is 12.1 Å². The van der Waals surface area contributed by atoms with Crippen LogP contribution in [0.4, 0.5) is 0 Å². The summed E-state index contributed by atoms with van der Waals surface area (Å²) in [4.78, 5) is 2.52. The highest BCUT2D eigenvalue weighted by atomic mass is 16.5. The number of nitrogens with two attached hydrogens (primary N) is 1. The summed E-state index contributed by atoms with van der Waals surface area (Å²) in [5.74, 6) is 0.918. The van der Waals surface area contributed by atoms with Crippen molar-refractivity contribution in [2.45, 2.75) is 44.8 Å². The van der Waals surface area contributed by atoms with Crippen LogP contribution in [-0.4, -0.2) is 30.6 Å². The highest BCUT2D eigenvalue weighted by Gasteiger charge is 2.25. The van der Waals surface area contributed by atoms with Crippen molar-refractivity contribution in [3.63, 3.8) is 0 Å². The number of rotatable bonds is 4. The molecule has 1 heterocycles. The molecule has 0 aliphatic carbocycles. The van der Waals surface area contributed by atoms with Crippen molar-refractivity contribution in [2.24, 2.45) is 5.73 Å². The van der Waals surface area contributed by atoms with Crippen molar-refractivity contribution in [1.29, 1.82) is 0 Å². The van der Waals surface area contributed by atoms with E-state index in [1.165, 1.54) is 24.8 Å². The Morgan fingerprint density at radius 1 is 1.33 bits per heavy atom. The first kappa shape index (κ1) is 13.4. The fourth-order valence-corrected chi connectivity index (χ4v) is 2.77. The van der Waals surface area contributed by atoms with Crippen molar-refractivity contribution >= 4 is 0 Å². The summed E-state index contributed by atoms with van der Waals surface area (Å²) in [5.41, 5.74) is 7.43. The van der Waals surface area contributed by atoms with E-state index in [1.54, 1.807) is 7.11 Å². The lowest BCUT2D eigenvalue weighted by Gasteiger charge is -2.38. The Morgan fingerprint density at radius 2 is 2.06 bits per heavy atom. The van der Waals surface area contributed by atoms with E-state index in [2.05, 4.69) is 24.0 Å². The molecule has 1 aliphatic rings. The number of piperidine rings is 1. The van der Waals surface area contributed by atoms with Gasteiger partial charge >= 0.3 is 0 Å². The van der Waals surface area contributed by atoms with Gasteiger partial charge in [0.1, 0.15) is 5.75 Å². The highest BCUT2D eigenvalue weighted by Crippen LogP contribution is 2.22. The Hall–Kier alpha value is -1.06. The zero-order valence-corrected chi connectivity index (χ0v) is 11.4. The average molecular weight is 248 g/mol. The Morgan fingerprint density at radius 3 is 2.67 bits per heavy atom. The number of ether oxygens (including phenoxy) is 1. The molecule has 1 aromatic rings. The molecule has 3 heteroatoms. The Kier molecular flexibility index (Phi) is 4.61. The average Bonchev–Trinajstić information content (AvgIpc) is 2.40. The van der Waals surface area contributed by atoms with Gasteiger partial charge in [-0.2, -0.15) is 0 Å². The van der Waals surface area contributed by atoms with Crippen molar-refractivity contribution < 1.29 is 4.74 Å².